The first kappa shape index (κ1) is 10.9. The minimum absolute atomic E-state index is 0.207. The number of aromatic hydroxyl groups is 1. The van der Waals surface area contributed by atoms with Crippen LogP contribution in [0, 0.1) is 12.3 Å². The van der Waals surface area contributed by atoms with E-state index in [0.717, 1.165) is 16.7 Å². The minimum Gasteiger partial charge on any atom is -0.508 e. The van der Waals surface area contributed by atoms with Gasteiger partial charge >= 0.3 is 0 Å². The molecule has 0 aliphatic carbocycles. The van der Waals surface area contributed by atoms with Gasteiger partial charge in [-0.05, 0) is 24.6 Å². The van der Waals surface area contributed by atoms with E-state index in [1.807, 2.05) is 0 Å². The quantitative estimate of drug-likeness (QED) is 0.567. The molecule has 0 amide bonds. The maximum atomic E-state index is 9.16. The molecule has 0 aromatic heterocycles. The Morgan fingerprint density at radius 2 is 1.93 bits per heavy atom. The molecule has 0 spiro atoms. The molecule has 0 saturated carbocycles. The predicted octanol–water partition coefficient (Wildman–Crippen LogP) is 2.27. The Bertz CT molecular complexity index is 446. The maximum absolute atomic E-state index is 9.16. The molecule has 0 unspecified atom stereocenters. The van der Waals surface area contributed by atoms with Crippen molar-refractivity contribution in [2.45, 2.75) is 6.92 Å². The van der Waals surface area contributed by atoms with E-state index >= 15 is 0 Å². The number of nitrogens with two attached hydrogens (primary N) is 1. The molecular weight excluding hydrogens is 186 g/mol. The first-order valence-corrected chi connectivity index (χ1v) is 4.48. The van der Waals surface area contributed by atoms with Crippen LogP contribution in [0.4, 0.5) is 0 Å². The van der Waals surface area contributed by atoms with Gasteiger partial charge in [0.15, 0.2) is 0 Å². The Morgan fingerprint density at radius 3 is 2.33 bits per heavy atom. The topological polar surface area (TPSA) is 46.2 Å². The van der Waals surface area contributed by atoms with Gasteiger partial charge in [0, 0.05) is 16.8 Å². The number of rotatable bonds is 2. The van der Waals surface area contributed by atoms with Gasteiger partial charge in [-0.3, -0.25) is 0 Å². The zero-order valence-corrected chi connectivity index (χ0v) is 8.62. The Morgan fingerprint density at radius 1 is 1.40 bits per heavy atom. The van der Waals surface area contributed by atoms with E-state index in [9.17, 15) is 0 Å². The van der Waals surface area contributed by atoms with Crippen LogP contribution in [0.15, 0.2) is 42.1 Å². The second-order valence-electron chi connectivity index (χ2n) is 3.22. The fourth-order valence-corrected chi connectivity index (χ4v) is 1.34. The van der Waals surface area contributed by atoms with Crippen LogP contribution < -0.4 is 5.73 Å². The molecule has 2 heteroatoms. The average Bonchev–Trinajstić information content (AvgIpc) is 2.20. The van der Waals surface area contributed by atoms with E-state index < -0.39 is 0 Å². The molecule has 3 N–H and O–H groups in total. The number of phenols is 1. The molecular formula is C13H13NO. The van der Waals surface area contributed by atoms with Crippen molar-refractivity contribution in [1.82, 2.24) is 0 Å². The summed E-state index contributed by atoms with van der Waals surface area (Å²) in [6, 6.07) is 6.68. The third-order valence-corrected chi connectivity index (χ3v) is 2.07. The highest BCUT2D eigenvalue weighted by Gasteiger charge is 2.06. The molecule has 1 aromatic carbocycles. The summed E-state index contributed by atoms with van der Waals surface area (Å²) in [5.74, 6) is 2.74. The number of hydrogen-bond donors (Lipinski definition) is 2. The molecule has 0 aliphatic rings. The van der Waals surface area contributed by atoms with Crippen LogP contribution in [0.1, 0.15) is 12.5 Å². The van der Waals surface area contributed by atoms with Gasteiger partial charge in [0.1, 0.15) is 5.75 Å². The third kappa shape index (κ3) is 2.41. The van der Waals surface area contributed by atoms with Crippen molar-refractivity contribution in [2.75, 3.05) is 0 Å². The number of allylic oxidation sites excluding steroid dienone is 2. The molecule has 0 fully saturated rings. The molecule has 0 heterocycles. The van der Waals surface area contributed by atoms with Crippen molar-refractivity contribution in [1.29, 1.82) is 0 Å². The minimum atomic E-state index is 0.207. The predicted molar refractivity (Wildman–Crippen MR) is 62.9 cm³/mol. The van der Waals surface area contributed by atoms with Crippen LogP contribution in [-0.2, 0) is 0 Å². The van der Waals surface area contributed by atoms with E-state index in [1.54, 1.807) is 31.2 Å². The van der Waals surface area contributed by atoms with Gasteiger partial charge in [0.25, 0.3) is 0 Å². The molecule has 0 aliphatic heterocycles. The van der Waals surface area contributed by atoms with Gasteiger partial charge in [-0.15, -0.1) is 6.42 Å². The van der Waals surface area contributed by atoms with Gasteiger partial charge in [0.05, 0.1) is 0 Å². The van der Waals surface area contributed by atoms with E-state index in [4.69, 9.17) is 17.3 Å². The zero-order valence-electron chi connectivity index (χ0n) is 8.62. The van der Waals surface area contributed by atoms with Crippen molar-refractivity contribution in [2.24, 2.45) is 5.73 Å². The fraction of sp³-hybridized carbons (Fsp3) is 0.0769. The Kier molecular flexibility index (Phi) is 3.20. The number of hydrogen-bond acceptors (Lipinski definition) is 2. The van der Waals surface area contributed by atoms with Crippen molar-refractivity contribution < 1.29 is 5.11 Å². The van der Waals surface area contributed by atoms with Crippen LogP contribution in [0.5, 0.6) is 5.75 Å². The molecule has 76 valence electrons. The van der Waals surface area contributed by atoms with Crippen molar-refractivity contribution >= 4 is 5.57 Å². The summed E-state index contributed by atoms with van der Waals surface area (Å²) in [6.45, 7) is 5.49. The Hall–Kier alpha value is -2.14. The van der Waals surface area contributed by atoms with Crippen LogP contribution in [-0.4, -0.2) is 5.11 Å². The van der Waals surface area contributed by atoms with Gasteiger partial charge in [-0.2, -0.15) is 0 Å². The highest BCUT2D eigenvalue weighted by Crippen LogP contribution is 2.24. The molecule has 1 aromatic rings. The average molecular weight is 199 g/mol. The number of phenolic OH excluding ortho intramolecular Hbond substituents is 1. The molecule has 2 nitrogen and oxygen atoms in total. The third-order valence-electron chi connectivity index (χ3n) is 2.07. The summed E-state index contributed by atoms with van der Waals surface area (Å²) < 4.78 is 0. The van der Waals surface area contributed by atoms with Crippen LogP contribution in [0.3, 0.4) is 0 Å². The number of terminal acetylenes is 1. The molecule has 0 atom stereocenters. The monoisotopic (exact) mass is 199 g/mol. The SMILES string of the molecule is C#C/C(C)=C(\C(=C)N)c1ccc(O)cc1. The van der Waals surface area contributed by atoms with E-state index in [-0.39, 0.29) is 5.75 Å². The molecule has 1 rings (SSSR count). The lowest BCUT2D eigenvalue weighted by molar-refractivity contribution is 0.475. The van der Waals surface area contributed by atoms with Gasteiger partial charge in [0.2, 0.25) is 0 Å². The standard InChI is InChI=1S/C13H13NO/c1-4-9(2)13(10(3)14)11-5-7-12(15)8-6-11/h1,5-8,15H,3,14H2,2H3/b13-9+. The summed E-state index contributed by atoms with van der Waals surface area (Å²) in [4.78, 5) is 0. The van der Waals surface area contributed by atoms with Crippen LogP contribution in [0.25, 0.3) is 5.57 Å². The fourth-order valence-electron chi connectivity index (χ4n) is 1.34. The summed E-state index contributed by atoms with van der Waals surface area (Å²) in [6.07, 6.45) is 5.32. The van der Waals surface area contributed by atoms with E-state index in [1.165, 1.54) is 0 Å². The second-order valence-corrected chi connectivity index (χ2v) is 3.22. The zero-order chi connectivity index (χ0) is 11.4. The van der Waals surface area contributed by atoms with Crippen molar-refractivity contribution in [3.63, 3.8) is 0 Å². The molecule has 0 radical (unpaired) electrons. The van der Waals surface area contributed by atoms with Gasteiger partial charge < -0.3 is 10.8 Å². The van der Waals surface area contributed by atoms with E-state index in [0.29, 0.717) is 5.70 Å². The molecule has 0 saturated heterocycles. The highest BCUT2D eigenvalue weighted by atomic mass is 16.3. The lowest BCUT2D eigenvalue weighted by Crippen LogP contribution is -2.00. The smallest absolute Gasteiger partial charge is 0.115 e. The van der Waals surface area contributed by atoms with Crippen LogP contribution in [0.2, 0.25) is 0 Å². The Labute approximate surface area is 89.7 Å². The first-order chi connectivity index (χ1) is 7.06. The van der Waals surface area contributed by atoms with Crippen LogP contribution >= 0.6 is 0 Å². The lowest BCUT2D eigenvalue weighted by Gasteiger charge is -2.09. The summed E-state index contributed by atoms with van der Waals surface area (Å²) >= 11 is 0. The van der Waals surface area contributed by atoms with Crippen molar-refractivity contribution in [3.05, 3.63) is 47.7 Å². The Balaban J connectivity index is 3.31. The van der Waals surface area contributed by atoms with Gasteiger partial charge in [-0.25, -0.2) is 0 Å². The van der Waals surface area contributed by atoms with E-state index in [2.05, 4.69) is 12.5 Å². The summed E-state index contributed by atoms with van der Waals surface area (Å²) in [5.41, 5.74) is 8.43. The lowest BCUT2D eigenvalue weighted by atomic mass is 9.99. The molecule has 0 bridgehead atoms. The normalized spacial score (nSPS) is 11.5. The largest absolute Gasteiger partial charge is 0.508 e. The second kappa shape index (κ2) is 4.39. The number of benzene rings is 1. The summed E-state index contributed by atoms with van der Waals surface area (Å²) in [5, 5.41) is 9.16. The van der Waals surface area contributed by atoms with Gasteiger partial charge in [-0.1, -0.05) is 24.6 Å². The molecule has 15 heavy (non-hydrogen) atoms. The summed E-state index contributed by atoms with van der Waals surface area (Å²) in [7, 11) is 0. The maximum Gasteiger partial charge on any atom is 0.115 e. The van der Waals surface area contributed by atoms with Crippen molar-refractivity contribution in [3.8, 4) is 18.1 Å². The highest BCUT2D eigenvalue weighted by molar-refractivity contribution is 5.82. The first-order valence-electron chi connectivity index (χ1n) is 4.48.